The molecule has 3 aromatic rings. The molecule has 0 saturated heterocycles. The zero-order valence-corrected chi connectivity index (χ0v) is 17.5. The number of nitrogens with one attached hydrogen (secondary N) is 1. The molecular weight excluding hydrogens is 380 g/mol. The molecule has 0 bridgehead atoms. The lowest BCUT2D eigenvalue weighted by molar-refractivity contribution is -0.122. The zero-order valence-electron chi connectivity index (χ0n) is 17.5. The monoisotopic (exact) mass is 404 g/mol. The van der Waals surface area contributed by atoms with Crippen LogP contribution >= 0.6 is 0 Å². The number of ether oxygens (including phenoxy) is 1. The van der Waals surface area contributed by atoms with Gasteiger partial charge in [0.25, 0.3) is 5.56 Å². The second-order valence-corrected chi connectivity index (χ2v) is 8.01. The number of pyridine rings is 1. The van der Waals surface area contributed by atoms with Crippen LogP contribution in [0.2, 0.25) is 0 Å². The molecule has 1 N–H and O–H groups in total. The molecule has 0 spiro atoms. The summed E-state index contributed by atoms with van der Waals surface area (Å²) >= 11 is 0. The molecular formula is C23H24N4O3. The fourth-order valence-electron chi connectivity index (χ4n) is 3.07. The van der Waals surface area contributed by atoms with Crippen molar-refractivity contribution in [2.24, 2.45) is 5.92 Å². The van der Waals surface area contributed by atoms with Crippen LogP contribution in [-0.2, 0) is 16.6 Å². The number of benzene rings is 1. The van der Waals surface area contributed by atoms with Crippen molar-refractivity contribution in [1.29, 1.82) is 5.26 Å². The number of fused-ring (bicyclic) bond motifs is 1. The molecule has 7 heteroatoms. The van der Waals surface area contributed by atoms with E-state index in [9.17, 15) is 14.9 Å². The lowest BCUT2D eigenvalue weighted by atomic mass is 9.87. The van der Waals surface area contributed by atoms with E-state index >= 15 is 0 Å². The number of nitriles is 1. The number of nitrogens with zero attached hydrogens (tertiary/aromatic N) is 3. The molecule has 1 unspecified atom stereocenters. The van der Waals surface area contributed by atoms with Crippen molar-refractivity contribution in [3.63, 3.8) is 0 Å². The summed E-state index contributed by atoms with van der Waals surface area (Å²) < 4.78 is 7.34. The largest absolute Gasteiger partial charge is 0.438 e. The molecule has 0 fully saturated rings. The van der Waals surface area contributed by atoms with Gasteiger partial charge in [0.1, 0.15) is 17.3 Å². The van der Waals surface area contributed by atoms with Gasteiger partial charge in [-0.2, -0.15) is 10.2 Å². The Kier molecular flexibility index (Phi) is 5.88. The van der Waals surface area contributed by atoms with Gasteiger partial charge in [0.2, 0.25) is 11.8 Å². The molecule has 2 aromatic heterocycles. The second-order valence-electron chi connectivity index (χ2n) is 8.01. The first-order valence-corrected chi connectivity index (χ1v) is 9.64. The smallest absolute Gasteiger partial charge is 0.264 e. The third kappa shape index (κ3) is 4.33. The molecule has 1 atom stereocenters. The van der Waals surface area contributed by atoms with E-state index in [-0.39, 0.29) is 28.8 Å². The Morgan fingerprint density at radius 1 is 1.23 bits per heavy atom. The summed E-state index contributed by atoms with van der Waals surface area (Å²) in [4.78, 5) is 29.6. The standard InChI is InChI=1S/C23H24N4O3/c1-23(2,3)16-8-10-17(11-9-16)30-21-18(13-15(14-24)20(28)25-4)22(29)27-12-6-5-7-19(27)26-21/h5-12,15H,13H2,1-4H3,(H,25,28). The van der Waals surface area contributed by atoms with E-state index in [1.54, 1.807) is 24.4 Å². The van der Waals surface area contributed by atoms with Crippen molar-refractivity contribution in [2.45, 2.75) is 32.6 Å². The minimum absolute atomic E-state index is 0.00273. The first-order valence-electron chi connectivity index (χ1n) is 9.64. The average Bonchev–Trinajstić information content (AvgIpc) is 2.73. The maximum absolute atomic E-state index is 13.1. The fraction of sp³-hybridized carbons (Fsp3) is 0.304. The summed E-state index contributed by atoms with van der Waals surface area (Å²) in [5, 5.41) is 11.9. The number of carbonyl (C=O) groups excluding carboxylic acids is 1. The van der Waals surface area contributed by atoms with Crippen LogP contribution in [-0.4, -0.2) is 22.3 Å². The van der Waals surface area contributed by atoms with Gasteiger partial charge in [-0.25, -0.2) is 0 Å². The van der Waals surface area contributed by atoms with Crippen LogP contribution in [0.4, 0.5) is 0 Å². The van der Waals surface area contributed by atoms with Gasteiger partial charge in [-0.05, 0) is 35.2 Å². The highest BCUT2D eigenvalue weighted by Crippen LogP contribution is 2.28. The molecule has 7 nitrogen and oxygen atoms in total. The quantitative estimate of drug-likeness (QED) is 0.704. The van der Waals surface area contributed by atoms with Gasteiger partial charge < -0.3 is 10.1 Å². The van der Waals surface area contributed by atoms with E-state index in [2.05, 4.69) is 31.1 Å². The van der Waals surface area contributed by atoms with Crippen molar-refractivity contribution in [3.05, 3.63) is 70.1 Å². The molecule has 2 heterocycles. The molecule has 1 amide bonds. The SMILES string of the molecule is CNC(=O)C(C#N)Cc1c(Oc2ccc(C(C)(C)C)cc2)nc2ccccn2c1=O. The van der Waals surface area contributed by atoms with Crippen LogP contribution in [0.3, 0.4) is 0 Å². The van der Waals surface area contributed by atoms with Crippen molar-refractivity contribution < 1.29 is 9.53 Å². The minimum atomic E-state index is -1.03. The van der Waals surface area contributed by atoms with Crippen LogP contribution in [0.5, 0.6) is 11.6 Å². The maximum Gasteiger partial charge on any atom is 0.264 e. The summed E-state index contributed by atoms with van der Waals surface area (Å²) in [6, 6.07) is 14.7. The maximum atomic E-state index is 13.1. The zero-order chi connectivity index (χ0) is 21.9. The summed E-state index contributed by atoms with van der Waals surface area (Å²) in [5.74, 6) is -0.879. The van der Waals surface area contributed by atoms with Crippen LogP contribution in [0.1, 0.15) is 31.9 Å². The van der Waals surface area contributed by atoms with Crippen molar-refractivity contribution in [2.75, 3.05) is 7.05 Å². The van der Waals surface area contributed by atoms with Gasteiger partial charge in [-0.3, -0.25) is 14.0 Å². The molecule has 0 aliphatic rings. The second kappa shape index (κ2) is 8.37. The van der Waals surface area contributed by atoms with Gasteiger partial charge in [-0.1, -0.05) is 39.0 Å². The number of aromatic nitrogens is 2. The predicted molar refractivity (Wildman–Crippen MR) is 114 cm³/mol. The lowest BCUT2D eigenvalue weighted by Gasteiger charge is -2.19. The Morgan fingerprint density at radius 2 is 1.93 bits per heavy atom. The van der Waals surface area contributed by atoms with Crippen LogP contribution in [0.15, 0.2) is 53.5 Å². The molecule has 3 rings (SSSR count). The van der Waals surface area contributed by atoms with Crippen LogP contribution in [0.25, 0.3) is 5.65 Å². The summed E-state index contributed by atoms with van der Waals surface area (Å²) in [6.07, 6.45) is 1.49. The summed E-state index contributed by atoms with van der Waals surface area (Å²) in [7, 11) is 1.45. The highest BCUT2D eigenvalue weighted by atomic mass is 16.5. The van der Waals surface area contributed by atoms with Gasteiger partial charge in [0.05, 0.1) is 11.6 Å². The number of hydrogen-bond acceptors (Lipinski definition) is 5. The highest BCUT2D eigenvalue weighted by molar-refractivity contribution is 5.81. The molecule has 0 saturated carbocycles. The Hall–Kier alpha value is -3.66. The van der Waals surface area contributed by atoms with E-state index in [0.717, 1.165) is 5.56 Å². The topological polar surface area (TPSA) is 96.5 Å². The van der Waals surface area contributed by atoms with Crippen LogP contribution in [0, 0.1) is 17.2 Å². The first kappa shape index (κ1) is 21.1. The van der Waals surface area contributed by atoms with Gasteiger partial charge in [0, 0.05) is 19.7 Å². The molecule has 1 aromatic carbocycles. The van der Waals surface area contributed by atoms with E-state index in [1.165, 1.54) is 11.4 Å². The van der Waals surface area contributed by atoms with E-state index in [4.69, 9.17) is 4.74 Å². The van der Waals surface area contributed by atoms with Crippen molar-refractivity contribution in [3.8, 4) is 17.7 Å². The minimum Gasteiger partial charge on any atom is -0.438 e. The molecule has 0 radical (unpaired) electrons. The van der Waals surface area contributed by atoms with Crippen molar-refractivity contribution >= 4 is 11.6 Å². The van der Waals surface area contributed by atoms with E-state index in [0.29, 0.717) is 11.4 Å². The third-order valence-corrected chi connectivity index (χ3v) is 4.85. The Labute approximate surface area is 175 Å². The van der Waals surface area contributed by atoms with Crippen molar-refractivity contribution in [1.82, 2.24) is 14.7 Å². The molecule has 0 aliphatic carbocycles. The summed E-state index contributed by atoms with van der Waals surface area (Å²) in [6.45, 7) is 6.36. The van der Waals surface area contributed by atoms with Gasteiger partial charge in [0.15, 0.2) is 0 Å². The molecule has 30 heavy (non-hydrogen) atoms. The summed E-state index contributed by atoms with van der Waals surface area (Å²) in [5.41, 5.74) is 1.36. The average molecular weight is 404 g/mol. The van der Waals surface area contributed by atoms with E-state index in [1.807, 2.05) is 30.3 Å². The van der Waals surface area contributed by atoms with E-state index < -0.39 is 11.8 Å². The molecule has 0 aliphatic heterocycles. The number of amides is 1. The third-order valence-electron chi connectivity index (χ3n) is 4.85. The van der Waals surface area contributed by atoms with Gasteiger partial charge in [-0.15, -0.1) is 0 Å². The normalized spacial score (nSPS) is 12.2. The number of carbonyl (C=O) groups is 1. The van der Waals surface area contributed by atoms with Crippen LogP contribution < -0.4 is 15.6 Å². The lowest BCUT2D eigenvalue weighted by Crippen LogP contribution is -2.31. The Morgan fingerprint density at radius 3 is 2.53 bits per heavy atom. The first-order chi connectivity index (χ1) is 14.2. The van der Waals surface area contributed by atoms with Gasteiger partial charge >= 0.3 is 0 Å². The fourth-order valence-corrected chi connectivity index (χ4v) is 3.07. The molecule has 154 valence electrons. The number of rotatable bonds is 5. The Balaban J connectivity index is 2.07. The highest BCUT2D eigenvalue weighted by Gasteiger charge is 2.24. The Bertz CT molecular complexity index is 1170. The predicted octanol–water partition coefficient (Wildman–Crippen LogP) is 3.21. The number of hydrogen-bond donors (Lipinski definition) is 1.